The zero-order valence-corrected chi connectivity index (χ0v) is 15.0. The first kappa shape index (κ1) is 17.9. The number of benzene rings is 2. The Balaban J connectivity index is 2.80. The Labute approximate surface area is 139 Å². The standard InChI is InChI=1S/C19H26O3Si/c1-19(2,3)23(18(22)17(21)14-20,15-10-6-4-7-11-15)16-12-8-5-9-13-16/h4-13,17-18,20-22H,14H2,1-3H3. The van der Waals surface area contributed by atoms with Crippen molar-refractivity contribution in [1.82, 2.24) is 0 Å². The summed E-state index contributed by atoms with van der Waals surface area (Å²) in [6.45, 7) is 5.86. The van der Waals surface area contributed by atoms with Crippen LogP contribution in [0.1, 0.15) is 20.8 Å². The summed E-state index contributed by atoms with van der Waals surface area (Å²) in [5.41, 5.74) is -1.00. The molecule has 2 atom stereocenters. The number of rotatable bonds is 5. The molecule has 4 heteroatoms. The molecule has 0 bridgehead atoms. The molecule has 2 aromatic carbocycles. The Morgan fingerprint density at radius 1 is 0.826 bits per heavy atom. The van der Waals surface area contributed by atoms with E-state index >= 15 is 0 Å². The van der Waals surface area contributed by atoms with Gasteiger partial charge in [0.05, 0.1) is 12.3 Å². The number of hydrogen-bond acceptors (Lipinski definition) is 3. The van der Waals surface area contributed by atoms with E-state index in [1.54, 1.807) is 0 Å². The molecule has 0 aliphatic rings. The predicted molar refractivity (Wildman–Crippen MR) is 96.7 cm³/mol. The Morgan fingerprint density at radius 2 is 1.22 bits per heavy atom. The Bertz CT molecular complexity index is 568. The minimum absolute atomic E-state index is 0.259. The molecule has 0 heterocycles. The molecule has 0 aromatic heterocycles. The summed E-state index contributed by atoms with van der Waals surface area (Å²) < 4.78 is 0. The number of hydrogen-bond donors (Lipinski definition) is 3. The van der Waals surface area contributed by atoms with Crippen molar-refractivity contribution in [2.24, 2.45) is 0 Å². The molecule has 0 aliphatic heterocycles. The quantitative estimate of drug-likeness (QED) is 0.724. The topological polar surface area (TPSA) is 60.7 Å². The molecule has 2 unspecified atom stereocenters. The number of aliphatic hydroxyl groups is 3. The number of aliphatic hydroxyl groups excluding tert-OH is 3. The zero-order valence-electron chi connectivity index (χ0n) is 14.0. The fraction of sp³-hybridized carbons (Fsp3) is 0.368. The monoisotopic (exact) mass is 330 g/mol. The molecular weight excluding hydrogens is 304 g/mol. The average molecular weight is 331 g/mol. The van der Waals surface area contributed by atoms with E-state index < -0.39 is 26.5 Å². The SMILES string of the molecule is CC(C)(C)[Si](c1ccccc1)(c1ccccc1)C(O)C(O)CO. The summed E-state index contributed by atoms with van der Waals surface area (Å²) in [4.78, 5) is 0. The third-order valence-electron chi connectivity index (χ3n) is 4.64. The smallest absolute Gasteiger partial charge is 0.157 e. The first-order valence-corrected chi connectivity index (χ1v) is 10.0. The maximum Gasteiger partial charge on any atom is 0.157 e. The molecule has 0 saturated carbocycles. The lowest BCUT2D eigenvalue weighted by molar-refractivity contribution is 0.0191. The van der Waals surface area contributed by atoms with Crippen LogP contribution in [-0.4, -0.2) is 41.8 Å². The van der Waals surface area contributed by atoms with Crippen molar-refractivity contribution in [3.8, 4) is 0 Å². The Hall–Kier alpha value is -1.46. The molecule has 0 radical (unpaired) electrons. The lowest BCUT2D eigenvalue weighted by atomic mass is 10.2. The van der Waals surface area contributed by atoms with Gasteiger partial charge in [0.1, 0.15) is 6.10 Å². The molecular formula is C19H26O3Si. The predicted octanol–water partition coefficient (Wildman–Crippen LogP) is 1.30. The third kappa shape index (κ3) is 3.12. The molecule has 0 saturated heterocycles. The second kappa shape index (κ2) is 6.97. The maximum absolute atomic E-state index is 11.1. The van der Waals surface area contributed by atoms with E-state index in [9.17, 15) is 15.3 Å². The molecule has 124 valence electrons. The van der Waals surface area contributed by atoms with Crippen molar-refractivity contribution >= 4 is 18.4 Å². The molecule has 23 heavy (non-hydrogen) atoms. The zero-order chi connectivity index (χ0) is 17.1. The van der Waals surface area contributed by atoms with Crippen LogP contribution in [0.4, 0.5) is 0 Å². The second-order valence-electron chi connectivity index (χ2n) is 6.98. The van der Waals surface area contributed by atoms with E-state index in [0.717, 1.165) is 10.4 Å². The fourth-order valence-corrected chi connectivity index (χ4v) is 9.36. The summed E-state index contributed by atoms with van der Waals surface area (Å²) in [5.74, 6) is 0. The third-order valence-corrected chi connectivity index (χ3v) is 10.8. The van der Waals surface area contributed by atoms with Gasteiger partial charge in [0.15, 0.2) is 8.07 Å². The normalized spacial score (nSPS) is 15.2. The molecule has 2 rings (SSSR count). The summed E-state index contributed by atoms with van der Waals surface area (Å²) >= 11 is 0. The second-order valence-corrected chi connectivity index (χ2v) is 11.8. The first-order valence-electron chi connectivity index (χ1n) is 7.93. The van der Waals surface area contributed by atoms with Crippen molar-refractivity contribution in [1.29, 1.82) is 0 Å². The van der Waals surface area contributed by atoms with Crippen molar-refractivity contribution in [3.63, 3.8) is 0 Å². The van der Waals surface area contributed by atoms with E-state index in [1.165, 1.54) is 0 Å². The van der Waals surface area contributed by atoms with E-state index in [0.29, 0.717) is 0 Å². The first-order chi connectivity index (χ1) is 10.9. The fourth-order valence-electron chi connectivity index (χ4n) is 3.61. The van der Waals surface area contributed by atoms with Gasteiger partial charge in [-0.25, -0.2) is 0 Å². The van der Waals surface area contributed by atoms with Crippen LogP contribution in [0.3, 0.4) is 0 Å². The van der Waals surface area contributed by atoms with Gasteiger partial charge in [-0.05, 0) is 5.04 Å². The maximum atomic E-state index is 11.1. The van der Waals surface area contributed by atoms with Crippen LogP contribution < -0.4 is 10.4 Å². The van der Waals surface area contributed by atoms with E-state index in [4.69, 9.17) is 0 Å². The highest BCUT2D eigenvalue weighted by molar-refractivity contribution is 7.05. The molecule has 3 nitrogen and oxygen atoms in total. The van der Waals surface area contributed by atoms with Gasteiger partial charge >= 0.3 is 0 Å². The van der Waals surface area contributed by atoms with Crippen LogP contribution in [0, 0.1) is 0 Å². The van der Waals surface area contributed by atoms with Gasteiger partial charge < -0.3 is 15.3 Å². The minimum Gasteiger partial charge on any atom is -0.394 e. The van der Waals surface area contributed by atoms with Gasteiger partial charge in [0.2, 0.25) is 0 Å². The molecule has 0 amide bonds. The van der Waals surface area contributed by atoms with Gasteiger partial charge in [0, 0.05) is 0 Å². The lowest BCUT2D eigenvalue weighted by Gasteiger charge is -2.48. The largest absolute Gasteiger partial charge is 0.394 e. The van der Waals surface area contributed by atoms with Crippen LogP contribution >= 0.6 is 0 Å². The van der Waals surface area contributed by atoms with E-state index in [2.05, 4.69) is 20.8 Å². The highest BCUT2D eigenvalue weighted by atomic mass is 28.3. The highest BCUT2D eigenvalue weighted by Gasteiger charge is 2.54. The average Bonchev–Trinajstić information content (AvgIpc) is 2.55. The minimum atomic E-state index is -2.79. The van der Waals surface area contributed by atoms with Crippen LogP contribution in [0.25, 0.3) is 0 Å². The van der Waals surface area contributed by atoms with E-state index in [1.807, 2.05) is 60.7 Å². The van der Waals surface area contributed by atoms with Gasteiger partial charge in [-0.2, -0.15) is 0 Å². The molecule has 0 aliphatic carbocycles. The Kier molecular flexibility index (Phi) is 5.42. The Morgan fingerprint density at radius 3 is 1.52 bits per heavy atom. The van der Waals surface area contributed by atoms with Crippen LogP contribution in [-0.2, 0) is 0 Å². The summed E-state index contributed by atoms with van der Waals surface area (Å²) in [5, 5.41) is 32.7. The van der Waals surface area contributed by atoms with Crippen LogP contribution in [0.15, 0.2) is 60.7 Å². The molecule has 3 N–H and O–H groups in total. The summed E-state index contributed by atoms with van der Waals surface area (Å²) in [6, 6.07) is 19.8. The van der Waals surface area contributed by atoms with Crippen molar-refractivity contribution in [2.45, 2.75) is 37.6 Å². The van der Waals surface area contributed by atoms with Crippen molar-refractivity contribution in [3.05, 3.63) is 60.7 Å². The van der Waals surface area contributed by atoms with Gasteiger partial charge in [0.25, 0.3) is 0 Å². The lowest BCUT2D eigenvalue weighted by Crippen LogP contribution is -2.74. The molecule has 0 spiro atoms. The van der Waals surface area contributed by atoms with E-state index in [-0.39, 0.29) is 5.04 Å². The van der Waals surface area contributed by atoms with Gasteiger partial charge in [-0.1, -0.05) is 91.8 Å². The van der Waals surface area contributed by atoms with Gasteiger partial charge in [-0.15, -0.1) is 0 Å². The summed E-state index contributed by atoms with van der Waals surface area (Å²) in [7, 11) is -2.79. The highest BCUT2D eigenvalue weighted by Crippen LogP contribution is 2.38. The molecule has 2 aromatic rings. The molecule has 0 fully saturated rings. The van der Waals surface area contributed by atoms with Crippen LogP contribution in [0.5, 0.6) is 0 Å². The van der Waals surface area contributed by atoms with Crippen molar-refractivity contribution in [2.75, 3.05) is 6.61 Å². The van der Waals surface area contributed by atoms with Gasteiger partial charge in [-0.3, -0.25) is 0 Å². The van der Waals surface area contributed by atoms with Crippen molar-refractivity contribution < 1.29 is 15.3 Å². The van der Waals surface area contributed by atoms with Crippen LogP contribution in [0.2, 0.25) is 5.04 Å². The summed E-state index contributed by atoms with van der Waals surface area (Å²) in [6.07, 6.45) is -1.17.